The van der Waals surface area contributed by atoms with E-state index in [1.54, 1.807) is 19.1 Å². The maximum absolute atomic E-state index is 13.2. The molecule has 1 N–H and O–H groups in total. The lowest BCUT2D eigenvalue weighted by Crippen LogP contribution is -2.46. The first-order valence-electron chi connectivity index (χ1n) is 9.62. The van der Waals surface area contributed by atoms with Crippen molar-refractivity contribution in [3.63, 3.8) is 0 Å². The number of nitrogens with zero attached hydrogens (tertiary/aromatic N) is 1. The smallest absolute Gasteiger partial charge is 0.242 e. The van der Waals surface area contributed by atoms with Gasteiger partial charge in [-0.05, 0) is 48.7 Å². The van der Waals surface area contributed by atoms with E-state index >= 15 is 0 Å². The third-order valence-electron chi connectivity index (χ3n) is 4.91. The molecule has 1 aliphatic rings. The van der Waals surface area contributed by atoms with Crippen molar-refractivity contribution in [3.8, 4) is 11.5 Å². The number of halogens is 1. The molecule has 0 bridgehead atoms. The molecule has 7 heteroatoms. The number of hydrogen-bond acceptors (Lipinski definition) is 4. The Morgan fingerprint density at radius 1 is 1.07 bits per heavy atom. The minimum Gasteiger partial charge on any atom is -0.486 e. The lowest BCUT2D eigenvalue weighted by Gasteiger charge is -2.28. The Hall–Kier alpha value is -3.09. The molecule has 1 atom stereocenters. The molecule has 0 unspecified atom stereocenters. The maximum atomic E-state index is 13.2. The normalized spacial score (nSPS) is 13.5. The van der Waals surface area contributed by atoms with E-state index in [4.69, 9.17) is 9.47 Å². The summed E-state index contributed by atoms with van der Waals surface area (Å²) < 4.78 is 24.3. The predicted molar refractivity (Wildman–Crippen MR) is 106 cm³/mol. The molecule has 1 heterocycles. The van der Waals surface area contributed by atoms with Crippen LogP contribution in [0.3, 0.4) is 0 Å². The molecule has 2 aromatic rings. The molecule has 0 radical (unpaired) electrons. The van der Waals surface area contributed by atoms with E-state index < -0.39 is 6.04 Å². The Bertz CT molecular complexity index is 870. The summed E-state index contributed by atoms with van der Waals surface area (Å²) in [4.78, 5) is 26.6. The molecule has 29 heavy (non-hydrogen) atoms. The zero-order valence-electron chi connectivity index (χ0n) is 16.6. The highest BCUT2D eigenvalue weighted by Gasteiger charge is 2.25. The van der Waals surface area contributed by atoms with Gasteiger partial charge in [-0.15, -0.1) is 0 Å². The maximum Gasteiger partial charge on any atom is 0.242 e. The zero-order valence-corrected chi connectivity index (χ0v) is 16.6. The van der Waals surface area contributed by atoms with E-state index in [9.17, 15) is 14.0 Å². The summed E-state index contributed by atoms with van der Waals surface area (Å²) in [7, 11) is 1.54. The first-order chi connectivity index (χ1) is 14.0. The summed E-state index contributed by atoms with van der Waals surface area (Å²) in [6, 6.07) is 10.9. The summed E-state index contributed by atoms with van der Waals surface area (Å²) in [5.74, 6) is 0.644. The van der Waals surface area contributed by atoms with Gasteiger partial charge in [-0.1, -0.05) is 18.2 Å². The van der Waals surface area contributed by atoms with Crippen LogP contribution < -0.4 is 14.8 Å². The number of hydrogen-bond donors (Lipinski definition) is 1. The second-order valence-electron chi connectivity index (χ2n) is 6.92. The van der Waals surface area contributed by atoms with Gasteiger partial charge in [-0.25, -0.2) is 4.39 Å². The van der Waals surface area contributed by atoms with Crippen LogP contribution in [0.1, 0.15) is 24.5 Å². The van der Waals surface area contributed by atoms with Gasteiger partial charge >= 0.3 is 0 Å². The standard InChI is InChI=1S/C22H25FN2O4/c1-15(22(27)24-2)25(14-17-3-7-18(23)8-4-17)21(26)10-6-16-5-9-19-20(13-16)29-12-11-28-19/h3-5,7-9,13,15H,6,10-12,14H2,1-2H3,(H,24,27)/t15-/m1/s1. The molecule has 0 saturated carbocycles. The van der Waals surface area contributed by atoms with Gasteiger partial charge in [-0.3, -0.25) is 9.59 Å². The number of aryl methyl sites for hydroxylation is 1. The van der Waals surface area contributed by atoms with Gasteiger partial charge in [0.25, 0.3) is 0 Å². The Morgan fingerprint density at radius 2 is 1.72 bits per heavy atom. The van der Waals surface area contributed by atoms with Crippen molar-refractivity contribution >= 4 is 11.8 Å². The monoisotopic (exact) mass is 400 g/mol. The van der Waals surface area contributed by atoms with Gasteiger partial charge in [0.2, 0.25) is 11.8 Å². The van der Waals surface area contributed by atoms with Crippen LogP contribution >= 0.6 is 0 Å². The summed E-state index contributed by atoms with van der Waals surface area (Å²) in [6.45, 7) is 2.95. The number of carbonyl (C=O) groups is 2. The van der Waals surface area contributed by atoms with Crippen LogP contribution in [0.15, 0.2) is 42.5 Å². The summed E-state index contributed by atoms with van der Waals surface area (Å²) in [6.07, 6.45) is 0.748. The van der Waals surface area contributed by atoms with Crippen LogP contribution in [0, 0.1) is 5.82 Å². The second kappa shape index (κ2) is 9.41. The molecule has 0 aromatic heterocycles. The van der Waals surface area contributed by atoms with E-state index in [2.05, 4.69) is 5.32 Å². The van der Waals surface area contributed by atoms with Crippen LogP contribution in [0.5, 0.6) is 11.5 Å². The van der Waals surface area contributed by atoms with E-state index in [0.717, 1.165) is 11.1 Å². The number of rotatable bonds is 7. The van der Waals surface area contributed by atoms with E-state index in [0.29, 0.717) is 31.1 Å². The molecule has 3 rings (SSSR count). The van der Waals surface area contributed by atoms with Crippen molar-refractivity contribution < 1.29 is 23.5 Å². The minimum atomic E-state index is -0.641. The van der Waals surface area contributed by atoms with E-state index in [1.165, 1.54) is 24.1 Å². The highest BCUT2D eigenvalue weighted by Crippen LogP contribution is 2.31. The molecule has 1 aliphatic heterocycles. The number of amides is 2. The summed E-state index contributed by atoms with van der Waals surface area (Å²) in [5.41, 5.74) is 1.71. The topological polar surface area (TPSA) is 67.9 Å². The molecule has 0 fully saturated rings. The fourth-order valence-electron chi connectivity index (χ4n) is 3.22. The van der Waals surface area contributed by atoms with E-state index in [-0.39, 0.29) is 30.6 Å². The van der Waals surface area contributed by atoms with Gasteiger partial charge in [0, 0.05) is 20.0 Å². The SMILES string of the molecule is CNC(=O)[C@@H](C)N(Cc1ccc(F)cc1)C(=O)CCc1ccc2c(c1)OCCO2. The highest BCUT2D eigenvalue weighted by molar-refractivity contribution is 5.87. The molecule has 0 saturated heterocycles. The van der Waals surface area contributed by atoms with E-state index in [1.807, 2.05) is 18.2 Å². The Labute approximate surface area is 169 Å². The highest BCUT2D eigenvalue weighted by atomic mass is 19.1. The van der Waals surface area contributed by atoms with Gasteiger partial charge in [-0.2, -0.15) is 0 Å². The Kier molecular flexibility index (Phi) is 6.69. The molecular formula is C22H25FN2O4. The van der Waals surface area contributed by atoms with Crippen molar-refractivity contribution in [3.05, 3.63) is 59.4 Å². The largest absolute Gasteiger partial charge is 0.486 e. The zero-order chi connectivity index (χ0) is 20.8. The number of fused-ring (bicyclic) bond motifs is 1. The number of nitrogens with one attached hydrogen (secondary N) is 1. The van der Waals surface area contributed by atoms with Crippen LogP contribution in [0.25, 0.3) is 0 Å². The fraction of sp³-hybridized carbons (Fsp3) is 0.364. The lowest BCUT2D eigenvalue weighted by atomic mass is 10.1. The molecule has 154 valence electrons. The number of likely N-dealkylation sites (N-methyl/N-ethyl adjacent to an activating group) is 1. The number of benzene rings is 2. The third kappa shape index (κ3) is 5.25. The molecule has 2 amide bonds. The molecule has 6 nitrogen and oxygen atoms in total. The Morgan fingerprint density at radius 3 is 2.41 bits per heavy atom. The first-order valence-corrected chi connectivity index (χ1v) is 9.62. The average molecular weight is 400 g/mol. The lowest BCUT2D eigenvalue weighted by molar-refractivity contribution is -0.140. The molecular weight excluding hydrogens is 375 g/mol. The van der Waals surface area contributed by atoms with Crippen molar-refractivity contribution in [1.82, 2.24) is 10.2 Å². The van der Waals surface area contributed by atoms with Gasteiger partial charge in [0.15, 0.2) is 11.5 Å². The quantitative estimate of drug-likeness (QED) is 0.776. The number of carbonyl (C=O) groups excluding carboxylic acids is 2. The van der Waals surface area contributed by atoms with Crippen molar-refractivity contribution in [2.75, 3.05) is 20.3 Å². The third-order valence-corrected chi connectivity index (χ3v) is 4.91. The van der Waals surface area contributed by atoms with Crippen molar-refractivity contribution in [1.29, 1.82) is 0 Å². The van der Waals surface area contributed by atoms with Crippen molar-refractivity contribution in [2.45, 2.75) is 32.4 Å². The minimum absolute atomic E-state index is 0.152. The van der Waals surface area contributed by atoms with Crippen LogP contribution in [-0.2, 0) is 22.6 Å². The van der Waals surface area contributed by atoms with Gasteiger partial charge < -0.3 is 19.7 Å². The molecule has 0 aliphatic carbocycles. The van der Waals surface area contributed by atoms with Crippen LogP contribution in [-0.4, -0.2) is 43.0 Å². The summed E-state index contributed by atoms with van der Waals surface area (Å²) in [5, 5.41) is 2.58. The van der Waals surface area contributed by atoms with Crippen molar-refractivity contribution in [2.24, 2.45) is 0 Å². The summed E-state index contributed by atoms with van der Waals surface area (Å²) >= 11 is 0. The average Bonchev–Trinajstić information content (AvgIpc) is 2.75. The van der Waals surface area contributed by atoms with Crippen LogP contribution in [0.4, 0.5) is 4.39 Å². The molecule has 0 spiro atoms. The van der Waals surface area contributed by atoms with Gasteiger partial charge in [0.1, 0.15) is 25.1 Å². The van der Waals surface area contributed by atoms with Gasteiger partial charge in [0.05, 0.1) is 0 Å². The van der Waals surface area contributed by atoms with Crippen LogP contribution in [0.2, 0.25) is 0 Å². The predicted octanol–water partition coefficient (Wildman–Crippen LogP) is 2.69. The molecule has 2 aromatic carbocycles. The first kappa shape index (κ1) is 20.6. The number of ether oxygens (including phenoxy) is 2. The second-order valence-corrected chi connectivity index (χ2v) is 6.92. The fourth-order valence-corrected chi connectivity index (χ4v) is 3.22. The Balaban J connectivity index is 1.70.